The van der Waals surface area contributed by atoms with Gasteiger partial charge in [-0.15, -0.1) is 0 Å². The Morgan fingerprint density at radius 1 is 1.12 bits per heavy atom. The summed E-state index contributed by atoms with van der Waals surface area (Å²) in [4.78, 5) is 0.191. The summed E-state index contributed by atoms with van der Waals surface area (Å²) in [7, 11) is -1.59. The van der Waals surface area contributed by atoms with Crippen molar-refractivity contribution >= 4 is 20.9 Å². The first kappa shape index (κ1) is 17.2. The third-order valence-electron chi connectivity index (χ3n) is 5.31. The molecule has 1 aliphatic heterocycles. The predicted molar refractivity (Wildman–Crippen MR) is 100 cm³/mol. The maximum Gasteiger partial charge on any atom is 0.243 e. The van der Waals surface area contributed by atoms with Gasteiger partial charge in [-0.2, -0.15) is 4.31 Å². The second kappa shape index (κ2) is 6.21. The number of hydrogen-bond donors (Lipinski definition) is 0. The van der Waals surface area contributed by atoms with Crippen LogP contribution in [0, 0.1) is 12.7 Å². The molecular weight excluding hydrogens is 351 g/mol. The Labute approximate surface area is 152 Å². The third-order valence-corrected chi connectivity index (χ3v) is 7.34. The maximum atomic E-state index is 13.3. The fraction of sp³-hybridized carbons (Fsp3) is 0.300. The van der Waals surface area contributed by atoms with Gasteiger partial charge < -0.3 is 4.57 Å². The van der Waals surface area contributed by atoms with Crippen molar-refractivity contribution in [1.29, 1.82) is 0 Å². The number of rotatable bonds is 3. The minimum atomic E-state index is -3.61. The molecule has 1 aliphatic rings. The van der Waals surface area contributed by atoms with Crippen LogP contribution in [0.5, 0.6) is 0 Å². The van der Waals surface area contributed by atoms with Gasteiger partial charge in [0.05, 0.1) is 4.90 Å². The molecule has 1 saturated heterocycles. The molecule has 0 amide bonds. The van der Waals surface area contributed by atoms with Crippen LogP contribution in [-0.2, 0) is 17.1 Å². The van der Waals surface area contributed by atoms with Gasteiger partial charge in [-0.05, 0) is 54.6 Å². The van der Waals surface area contributed by atoms with Gasteiger partial charge >= 0.3 is 0 Å². The van der Waals surface area contributed by atoms with E-state index in [0.29, 0.717) is 18.7 Å². The Bertz CT molecular complexity index is 1090. The third kappa shape index (κ3) is 2.73. The highest BCUT2D eigenvalue weighted by Gasteiger charge is 2.35. The molecule has 4 rings (SSSR count). The molecule has 2 aromatic carbocycles. The lowest BCUT2D eigenvalue weighted by molar-refractivity contribution is 0.470. The molecule has 0 radical (unpaired) electrons. The standard InChI is InChI=1S/C20H21FN2O2S/c1-14-11-17(21)7-8-20(14)26(24,25)23-10-9-16(13-23)19-12-15-5-3-4-6-18(15)22(19)2/h3-8,11-12,16H,9-10,13H2,1-2H3. The minimum Gasteiger partial charge on any atom is -0.347 e. The number of para-hydroxylation sites is 1. The van der Waals surface area contributed by atoms with Gasteiger partial charge in [0.15, 0.2) is 0 Å². The zero-order chi connectivity index (χ0) is 18.5. The highest BCUT2D eigenvalue weighted by molar-refractivity contribution is 7.89. The van der Waals surface area contributed by atoms with Crippen LogP contribution in [0.1, 0.15) is 23.6 Å². The SMILES string of the molecule is Cc1cc(F)ccc1S(=O)(=O)N1CCC(c2cc3ccccc3n2C)C1. The Kier molecular flexibility index (Phi) is 4.12. The first-order chi connectivity index (χ1) is 12.4. The van der Waals surface area contributed by atoms with Crippen LogP contribution < -0.4 is 0 Å². The van der Waals surface area contributed by atoms with Gasteiger partial charge in [0, 0.05) is 37.3 Å². The number of halogens is 1. The van der Waals surface area contributed by atoms with E-state index in [-0.39, 0.29) is 10.8 Å². The average molecular weight is 372 g/mol. The first-order valence-electron chi connectivity index (χ1n) is 8.68. The first-order valence-corrected chi connectivity index (χ1v) is 10.1. The lowest BCUT2D eigenvalue weighted by Crippen LogP contribution is -2.29. The highest BCUT2D eigenvalue weighted by Crippen LogP contribution is 2.34. The predicted octanol–water partition coefficient (Wildman–Crippen LogP) is 3.80. The van der Waals surface area contributed by atoms with E-state index in [9.17, 15) is 12.8 Å². The highest BCUT2D eigenvalue weighted by atomic mass is 32.2. The van der Waals surface area contributed by atoms with E-state index in [0.717, 1.165) is 17.6 Å². The van der Waals surface area contributed by atoms with Crippen molar-refractivity contribution in [2.45, 2.75) is 24.2 Å². The van der Waals surface area contributed by atoms with E-state index in [1.807, 2.05) is 19.2 Å². The van der Waals surface area contributed by atoms with Gasteiger partial charge in [0.2, 0.25) is 10.0 Å². The molecular formula is C20H21FN2O2S. The van der Waals surface area contributed by atoms with Crippen LogP contribution in [0.2, 0.25) is 0 Å². The van der Waals surface area contributed by atoms with Crippen molar-refractivity contribution < 1.29 is 12.8 Å². The number of benzene rings is 2. The molecule has 1 fully saturated rings. The van der Waals surface area contributed by atoms with Gasteiger partial charge in [-0.1, -0.05) is 18.2 Å². The zero-order valence-corrected chi connectivity index (χ0v) is 15.6. The Balaban J connectivity index is 1.64. The van der Waals surface area contributed by atoms with Crippen LogP contribution in [0.3, 0.4) is 0 Å². The molecule has 3 aromatic rings. The molecule has 6 heteroatoms. The molecule has 4 nitrogen and oxygen atoms in total. The summed E-state index contributed by atoms with van der Waals surface area (Å²) in [6.07, 6.45) is 0.781. The minimum absolute atomic E-state index is 0.155. The molecule has 0 saturated carbocycles. The van der Waals surface area contributed by atoms with Crippen LogP contribution in [0.4, 0.5) is 4.39 Å². The quantitative estimate of drug-likeness (QED) is 0.702. The van der Waals surface area contributed by atoms with Crippen molar-refractivity contribution in [2.75, 3.05) is 13.1 Å². The topological polar surface area (TPSA) is 42.3 Å². The van der Waals surface area contributed by atoms with Crippen LogP contribution in [0.25, 0.3) is 10.9 Å². The average Bonchev–Trinajstić information content (AvgIpc) is 3.20. The number of aryl methyl sites for hydroxylation is 2. The summed E-state index contributed by atoms with van der Waals surface area (Å²) >= 11 is 0. The van der Waals surface area contributed by atoms with Crippen LogP contribution in [0.15, 0.2) is 53.4 Å². The summed E-state index contributed by atoms with van der Waals surface area (Å²) in [5.41, 5.74) is 2.75. The summed E-state index contributed by atoms with van der Waals surface area (Å²) in [6, 6.07) is 14.2. The Morgan fingerprint density at radius 2 is 1.88 bits per heavy atom. The summed E-state index contributed by atoms with van der Waals surface area (Å²) in [5.74, 6) is -0.265. The molecule has 0 N–H and O–H groups in total. The van der Waals surface area contributed by atoms with E-state index >= 15 is 0 Å². The lowest BCUT2D eigenvalue weighted by Gasteiger charge is -2.18. The molecule has 136 valence electrons. The fourth-order valence-electron chi connectivity index (χ4n) is 3.93. The van der Waals surface area contributed by atoms with Gasteiger partial charge in [0.1, 0.15) is 5.82 Å². The number of hydrogen-bond acceptors (Lipinski definition) is 2. The van der Waals surface area contributed by atoms with Crippen molar-refractivity contribution in [2.24, 2.45) is 7.05 Å². The smallest absolute Gasteiger partial charge is 0.243 e. The number of fused-ring (bicyclic) bond motifs is 1. The summed E-state index contributed by atoms with van der Waals surface area (Å²) < 4.78 is 43.0. The van der Waals surface area contributed by atoms with Crippen LogP contribution in [-0.4, -0.2) is 30.4 Å². The van der Waals surface area contributed by atoms with Crippen LogP contribution >= 0.6 is 0 Å². The molecule has 26 heavy (non-hydrogen) atoms. The summed E-state index contributed by atoms with van der Waals surface area (Å²) in [6.45, 7) is 2.56. The molecule has 1 unspecified atom stereocenters. The van der Waals surface area contributed by atoms with E-state index in [2.05, 4.69) is 22.8 Å². The van der Waals surface area contributed by atoms with Crippen molar-refractivity contribution in [3.63, 3.8) is 0 Å². The largest absolute Gasteiger partial charge is 0.347 e. The van der Waals surface area contributed by atoms with E-state index in [1.165, 1.54) is 27.9 Å². The normalized spacial score (nSPS) is 18.7. The van der Waals surface area contributed by atoms with Gasteiger partial charge in [0.25, 0.3) is 0 Å². The molecule has 1 aromatic heterocycles. The van der Waals surface area contributed by atoms with Crippen molar-refractivity contribution in [1.82, 2.24) is 8.87 Å². The van der Waals surface area contributed by atoms with E-state index in [1.54, 1.807) is 6.92 Å². The van der Waals surface area contributed by atoms with Crippen molar-refractivity contribution in [3.8, 4) is 0 Å². The van der Waals surface area contributed by atoms with Gasteiger partial charge in [-0.3, -0.25) is 0 Å². The van der Waals surface area contributed by atoms with E-state index < -0.39 is 15.8 Å². The monoisotopic (exact) mass is 372 g/mol. The Hall–Kier alpha value is -2.18. The molecule has 2 heterocycles. The molecule has 0 spiro atoms. The molecule has 0 aliphatic carbocycles. The van der Waals surface area contributed by atoms with E-state index in [4.69, 9.17) is 0 Å². The maximum absolute atomic E-state index is 13.3. The fourth-order valence-corrected chi connectivity index (χ4v) is 5.64. The summed E-state index contributed by atoms with van der Waals surface area (Å²) in [5, 5.41) is 1.17. The zero-order valence-electron chi connectivity index (χ0n) is 14.8. The lowest BCUT2D eigenvalue weighted by atomic mass is 10.1. The molecule has 0 bridgehead atoms. The molecule has 1 atom stereocenters. The second-order valence-corrected chi connectivity index (χ2v) is 8.85. The number of aromatic nitrogens is 1. The van der Waals surface area contributed by atoms with Gasteiger partial charge in [-0.25, -0.2) is 12.8 Å². The Morgan fingerprint density at radius 3 is 2.62 bits per heavy atom. The van der Waals surface area contributed by atoms with Crippen molar-refractivity contribution in [3.05, 3.63) is 65.6 Å². The number of nitrogens with zero attached hydrogens (tertiary/aromatic N) is 2. The second-order valence-electron chi connectivity index (χ2n) is 6.95. The number of sulfonamides is 1.